The van der Waals surface area contributed by atoms with Crippen LogP contribution in [0.2, 0.25) is 0 Å². The highest BCUT2D eigenvalue weighted by atomic mass is 16.3. The van der Waals surface area contributed by atoms with E-state index in [4.69, 9.17) is 4.99 Å². The van der Waals surface area contributed by atoms with Gasteiger partial charge in [0.05, 0.1) is 16.7 Å². The Kier molecular flexibility index (Phi) is 6.77. The van der Waals surface area contributed by atoms with E-state index in [0.29, 0.717) is 48.2 Å². The summed E-state index contributed by atoms with van der Waals surface area (Å²) in [5, 5.41) is 10.9. The Balaban J connectivity index is 1.45. The molecule has 1 fully saturated rings. The number of nitrogens with zero attached hydrogens (tertiary/aromatic N) is 2. The molecular formula is C28H30N2O4. The summed E-state index contributed by atoms with van der Waals surface area (Å²) in [5.41, 5.74) is 2.74. The molecule has 0 unspecified atom stereocenters. The van der Waals surface area contributed by atoms with Crippen LogP contribution in [0.4, 0.5) is 0 Å². The topological polar surface area (TPSA) is 87.0 Å². The van der Waals surface area contributed by atoms with Crippen molar-refractivity contribution in [1.82, 2.24) is 4.90 Å². The van der Waals surface area contributed by atoms with Crippen molar-refractivity contribution in [3.05, 3.63) is 82.6 Å². The molecule has 6 nitrogen and oxygen atoms in total. The molecule has 0 atom stereocenters. The standard InChI is InChI=1S/C28H30N2O4/c1-28(2)17-22(29-15-14-19-9-4-3-5-10-19)25(24(32)18-28)23(31)13-8-16-30-26(33)20-11-6-7-12-21(20)27(30)34/h3-7,9-12,31H,8,13-18H2,1-2H3/b25-23+,29-22?. The third kappa shape index (κ3) is 5.01. The van der Waals surface area contributed by atoms with Crippen molar-refractivity contribution >= 4 is 23.3 Å². The number of carbonyl (C=O) groups is 3. The number of carbonyl (C=O) groups excluding carboxylic acids is 3. The van der Waals surface area contributed by atoms with Crippen LogP contribution in [0.5, 0.6) is 0 Å². The number of Topliss-reactive ketones (excluding diaryl/α,β-unsaturated/α-hetero) is 1. The van der Waals surface area contributed by atoms with Crippen molar-refractivity contribution in [2.75, 3.05) is 13.1 Å². The summed E-state index contributed by atoms with van der Waals surface area (Å²) in [7, 11) is 0. The van der Waals surface area contributed by atoms with Gasteiger partial charge in [0.1, 0.15) is 5.76 Å². The number of hydrogen-bond donors (Lipinski definition) is 1. The molecule has 1 N–H and O–H groups in total. The maximum atomic E-state index is 12.9. The Morgan fingerprint density at radius 3 is 2.21 bits per heavy atom. The van der Waals surface area contributed by atoms with Crippen molar-refractivity contribution in [1.29, 1.82) is 0 Å². The van der Waals surface area contributed by atoms with Crippen molar-refractivity contribution < 1.29 is 19.5 Å². The monoisotopic (exact) mass is 458 g/mol. The lowest BCUT2D eigenvalue weighted by molar-refractivity contribution is -0.117. The van der Waals surface area contributed by atoms with E-state index in [1.165, 1.54) is 10.5 Å². The van der Waals surface area contributed by atoms with Gasteiger partial charge in [-0.25, -0.2) is 0 Å². The molecule has 2 amide bonds. The first-order valence-corrected chi connectivity index (χ1v) is 11.7. The molecule has 0 saturated heterocycles. The Bertz CT molecular complexity index is 1140. The first-order valence-electron chi connectivity index (χ1n) is 11.7. The average molecular weight is 459 g/mol. The molecule has 6 heteroatoms. The number of rotatable bonds is 7. The third-order valence-corrected chi connectivity index (χ3v) is 6.36. The van der Waals surface area contributed by atoms with Gasteiger partial charge in [-0.15, -0.1) is 0 Å². The molecule has 1 aliphatic heterocycles. The highest BCUT2D eigenvalue weighted by molar-refractivity contribution is 6.24. The number of aliphatic hydroxyl groups excluding tert-OH is 1. The second-order valence-electron chi connectivity index (χ2n) is 9.74. The zero-order valence-electron chi connectivity index (χ0n) is 19.7. The maximum Gasteiger partial charge on any atom is 0.261 e. The highest BCUT2D eigenvalue weighted by Crippen LogP contribution is 2.36. The van der Waals surface area contributed by atoms with Crippen molar-refractivity contribution in [3.8, 4) is 0 Å². The summed E-state index contributed by atoms with van der Waals surface area (Å²) in [4.78, 5) is 44.0. The molecule has 1 saturated carbocycles. The summed E-state index contributed by atoms with van der Waals surface area (Å²) in [5.74, 6) is -0.735. The third-order valence-electron chi connectivity index (χ3n) is 6.36. The quantitative estimate of drug-likeness (QED) is 0.361. The van der Waals surface area contributed by atoms with Gasteiger partial charge in [0.25, 0.3) is 11.8 Å². The number of aliphatic imine (C=N–C) groups is 1. The fraction of sp³-hybridized carbons (Fsp3) is 0.357. The van der Waals surface area contributed by atoms with E-state index >= 15 is 0 Å². The predicted molar refractivity (Wildman–Crippen MR) is 131 cm³/mol. The number of benzene rings is 2. The van der Waals surface area contributed by atoms with Crippen LogP contribution in [-0.2, 0) is 11.2 Å². The van der Waals surface area contributed by atoms with E-state index in [9.17, 15) is 19.5 Å². The molecule has 2 aromatic carbocycles. The van der Waals surface area contributed by atoms with E-state index in [1.54, 1.807) is 24.3 Å². The summed E-state index contributed by atoms with van der Waals surface area (Å²) >= 11 is 0. The van der Waals surface area contributed by atoms with Crippen LogP contribution in [-0.4, -0.2) is 46.4 Å². The van der Waals surface area contributed by atoms with E-state index in [-0.39, 0.29) is 41.7 Å². The number of aliphatic hydroxyl groups is 1. The zero-order valence-corrected chi connectivity index (χ0v) is 19.7. The van der Waals surface area contributed by atoms with E-state index in [1.807, 2.05) is 44.2 Å². The van der Waals surface area contributed by atoms with E-state index < -0.39 is 0 Å². The van der Waals surface area contributed by atoms with E-state index in [0.717, 1.165) is 6.42 Å². The molecule has 0 aromatic heterocycles. The molecule has 4 rings (SSSR count). The van der Waals surface area contributed by atoms with Crippen LogP contribution in [0.15, 0.2) is 70.9 Å². The molecule has 0 spiro atoms. The molecule has 34 heavy (non-hydrogen) atoms. The maximum absolute atomic E-state index is 12.9. The number of amides is 2. The van der Waals surface area contributed by atoms with Gasteiger partial charge in [-0.1, -0.05) is 56.3 Å². The Hall–Kier alpha value is -3.54. The number of fused-ring (bicyclic) bond motifs is 1. The van der Waals surface area contributed by atoms with Gasteiger partial charge in [-0.2, -0.15) is 0 Å². The van der Waals surface area contributed by atoms with Crippen LogP contribution in [0.25, 0.3) is 0 Å². The lowest BCUT2D eigenvalue weighted by atomic mass is 9.73. The molecular weight excluding hydrogens is 428 g/mol. The lowest BCUT2D eigenvalue weighted by Gasteiger charge is -2.31. The molecule has 2 aliphatic rings. The zero-order chi connectivity index (χ0) is 24.3. The van der Waals surface area contributed by atoms with Crippen LogP contribution < -0.4 is 0 Å². The minimum absolute atomic E-state index is 0.00410. The van der Waals surface area contributed by atoms with E-state index in [2.05, 4.69) is 0 Å². The van der Waals surface area contributed by atoms with Crippen molar-refractivity contribution in [2.45, 2.75) is 46.0 Å². The van der Waals surface area contributed by atoms with Gasteiger partial charge < -0.3 is 5.11 Å². The molecule has 0 radical (unpaired) electrons. The fourth-order valence-corrected chi connectivity index (χ4v) is 4.69. The number of ketones is 1. The largest absolute Gasteiger partial charge is 0.511 e. The van der Waals surface area contributed by atoms with Crippen LogP contribution in [0.3, 0.4) is 0 Å². The first kappa shape index (κ1) is 23.6. The lowest BCUT2D eigenvalue weighted by Crippen LogP contribution is -2.33. The van der Waals surface area contributed by atoms with Crippen molar-refractivity contribution in [3.63, 3.8) is 0 Å². The Morgan fingerprint density at radius 2 is 1.56 bits per heavy atom. The SMILES string of the molecule is CC1(C)CC(=O)/C(=C(/O)CCCN2C(=O)c3ccccc3C2=O)C(=NCCc2ccccc2)C1. The Morgan fingerprint density at radius 1 is 0.941 bits per heavy atom. The predicted octanol–water partition coefficient (Wildman–Crippen LogP) is 4.95. The summed E-state index contributed by atoms with van der Waals surface area (Å²) in [6.45, 7) is 4.79. The Labute approximate surface area is 200 Å². The minimum Gasteiger partial charge on any atom is -0.511 e. The van der Waals surface area contributed by atoms with Crippen LogP contribution >= 0.6 is 0 Å². The average Bonchev–Trinajstić information content (AvgIpc) is 3.04. The molecule has 0 bridgehead atoms. The minimum atomic E-state index is -0.314. The van der Waals surface area contributed by atoms with Gasteiger partial charge in [0.15, 0.2) is 5.78 Å². The number of allylic oxidation sites excluding steroid dienone is 2. The van der Waals surface area contributed by atoms with Gasteiger partial charge in [0.2, 0.25) is 0 Å². The number of hydrogen-bond acceptors (Lipinski definition) is 5. The number of imide groups is 1. The normalized spacial score (nSPS) is 20.1. The molecule has 176 valence electrons. The summed E-state index contributed by atoms with van der Waals surface area (Å²) in [6.07, 6.45) is 2.29. The van der Waals surface area contributed by atoms with Gasteiger partial charge in [-0.3, -0.25) is 24.3 Å². The summed E-state index contributed by atoms with van der Waals surface area (Å²) in [6, 6.07) is 16.8. The molecule has 2 aromatic rings. The molecule has 1 aliphatic carbocycles. The highest BCUT2D eigenvalue weighted by Gasteiger charge is 2.37. The van der Waals surface area contributed by atoms with Crippen LogP contribution in [0, 0.1) is 5.41 Å². The second kappa shape index (κ2) is 9.75. The van der Waals surface area contributed by atoms with Crippen LogP contribution in [0.1, 0.15) is 65.8 Å². The fourth-order valence-electron chi connectivity index (χ4n) is 4.69. The smallest absolute Gasteiger partial charge is 0.261 e. The van der Waals surface area contributed by atoms with Gasteiger partial charge in [0, 0.05) is 31.6 Å². The molecule has 1 heterocycles. The first-order chi connectivity index (χ1) is 16.3. The van der Waals surface area contributed by atoms with Crippen molar-refractivity contribution in [2.24, 2.45) is 10.4 Å². The summed E-state index contributed by atoms with van der Waals surface area (Å²) < 4.78 is 0. The van der Waals surface area contributed by atoms with Gasteiger partial charge in [-0.05, 0) is 42.4 Å². The second-order valence-corrected chi connectivity index (χ2v) is 9.74. The van der Waals surface area contributed by atoms with Gasteiger partial charge >= 0.3 is 0 Å².